The predicted molar refractivity (Wildman–Crippen MR) is 121 cm³/mol. The lowest BCUT2D eigenvalue weighted by Gasteiger charge is -2.29. The highest BCUT2D eigenvalue weighted by atomic mass is 32.1. The summed E-state index contributed by atoms with van der Waals surface area (Å²) >= 11 is 5.75. The fraction of sp³-hybridized carbons (Fsp3) is 0.125. The van der Waals surface area contributed by atoms with Crippen molar-refractivity contribution in [3.8, 4) is 5.69 Å². The molecule has 4 heterocycles. The summed E-state index contributed by atoms with van der Waals surface area (Å²) in [5.74, 6) is -0.259. The highest BCUT2D eigenvalue weighted by Gasteiger charge is 2.41. The van der Waals surface area contributed by atoms with E-state index in [1.165, 1.54) is 12.1 Å². The molecule has 1 N–H and O–H groups in total. The molecular weight excluding hydrogens is 409 g/mol. The van der Waals surface area contributed by atoms with E-state index in [4.69, 9.17) is 12.2 Å². The number of thiocarbonyl (C=S) groups is 1. The van der Waals surface area contributed by atoms with Crippen molar-refractivity contribution in [3.05, 3.63) is 114 Å². The quantitative estimate of drug-likeness (QED) is 0.471. The minimum absolute atomic E-state index is 0.109. The Morgan fingerprint density at radius 3 is 2.58 bits per heavy atom. The van der Waals surface area contributed by atoms with Gasteiger partial charge in [0.25, 0.3) is 0 Å². The summed E-state index contributed by atoms with van der Waals surface area (Å²) in [4.78, 5) is 11.0. The lowest BCUT2D eigenvalue weighted by atomic mass is 10.0. The van der Waals surface area contributed by atoms with Crippen LogP contribution in [0, 0.1) is 5.82 Å². The summed E-state index contributed by atoms with van der Waals surface area (Å²) in [6.07, 6.45) is 7.40. The van der Waals surface area contributed by atoms with Crippen molar-refractivity contribution >= 4 is 17.3 Å². The number of nitrogens with zero attached hydrogens (tertiary/aromatic N) is 4. The first-order chi connectivity index (χ1) is 15.2. The third-order valence-corrected chi connectivity index (χ3v) is 5.81. The van der Waals surface area contributed by atoms with Gasteiger partial charge in [0, 0.05) is 42.7 Å². The van der Waals surface area contributed by atoms with Gasteiger partial charge in [-0.05, 0) is 72.4 Å². The summed E-state index contributed by atoms with van der Waals surface area (Å²) in [6, 6.07) is 20.2. The molecule has 31 heavy (non-hydrogen) atoms. The van der Waals surface area contributed by atoms with Crippen molar-refractivity contribution < 1.29 is 4.39 Å². The Kier molecular flexibility index (Phi) is 5.18. The van der Waals surface area contributed by atoms with Crippen molar-refractivity contribution in [3.63, 3.8) is 0 Å². The molecule has 7 heteroatoms. The Bertz CT molecular complexity index is 1180. The van der Waals surface area contributed by atoms with Gasteiger partial charge in [-0.25, -0.2) is 4.39 Å². The van der Waals surface area contributed by atoms with Gasteiger partial charge in [-0.15, -0.1) is 0 Å². The Balaban J connectivity index is 1.60. The molecule has 4 aromatic rings. The molecule has 0 aliphatic carbocycles. The third-order valence-electron chi connectivity index (χ3n) is 5.46. The van der Waals surface area contributed by atoms with Gasteiger partial charge in [-0.2, -0.15) is 0 Å². The maximum Gasteiger partial charge on any atom is 0.170 e. The van der Waals surface area contributed by atoms with E-state index in [-0.39, 0.29) is 17.9 Å². The first kappa shape index (κ1) is 19.4. The fourth-order valence-electron chi connectivity index (χ4n) is 4.06. The number of hydrogen-bond acceptors (Lipinski definition) is 3. The van der Waals surface area contributed by atoms with E-state index in [1.54, 1.807) is 24.5 Å². The molecule has 1 saturated heterocycles. The van der Waals surface area contributed by atoms with Crippen LogP contribution in [0.15, 0.2) is 91.5 Å². The van der Waals surface area contributed by atoms with Gasteiger partial charge in [-0.1, -0.05) is 12.1 Å². The van der Waals surface area contributed by atoms with Gasteiger partial charge < -0.3 is 14.8 Å². The zero-order valence-electron chi connectivity index (χ0n) is 16.6. The average Bonchev–Trinajstić information content (AvgIpc) is 3.40. The summed E-state index contributed by atoms with van der Waals surface area (Å²) in [5.41, 5.74) is 3.91. The van der Waals surface area contributed by atoms with E-state index in [2.05, 4.69) is 30.8 Å². The van der Waals surface area contributed by atoms with Gasteiger partial charge in [0.05, 0.1) is 17.8 Å². The second-order valence-corrected chi connectivity index (χ2v) is 7.78. The summed E-state index contributed by atoms with van der Waals surface area (Å²) < 4.78 is 15.6. The van der Waals surface area contributed by atoms with Crippen LogP contribution >= 0.6 is 12.2 Å². The normalized spacial score (nSPS) is 18.2. The first-order valence-electron chi connectivity index (χ1n) is 10.0. The topological polar surface area (TPSA) is 46.0 Å². The Morgan fingerprint density at radius 2 is 1.84 bits per heavy atom. The van der Waals surface area contributed by atoms with E-state index in [1.807, 2.05) is 48.8 Å². The summed E-state index contributed by atoms with van der Waals surface area (Å²) in [6.45, 7) is 0.613. The number of hydrogen-bond donors (Lipinski definition) is 1. The second kappa shape index (κ2) is 8.28. The minimum Gasteiger partial charge on any atom is -0.352 e. The number of pyridine rings is 2. The van der Waals surface area contributed by atoms with Crippen LogP contribution < -0.4 is 5.32 Å². The molecule has 0 amide bonds. The van der Waals surface area contributed by atoms with E-state index < -0.39 is 0 Å². The van der Waals surface area contributed by atoms with Crippen LogP contribution in [-0.2, 0) is 6.54 Å². The Morgan fingerprint density at radius 1 is 0.968 bits per heavy atom. The lowest BCUT2D eigenvalue weighted by Crippen LogP contribution is -2.30. The number of rotatable bonds is 5. The third kappa shape index (κ3) is 3.80. The molecule has 5 rings (SSSR count). The molecule has 0 bridgehead atoms. The number of nitrogens with one attached hydrogen (secondary N) is 1. The molecule has 1 aliphatic heterocycles. The predicted octanol–water partition coefficient (Wildman–Crippen LogP) is 4.58. The van der Waals surface area contributed by atoms with Crippen molar-refractivity contribution in [2.75, 3.05) is 0 Å². The number of halogens is 1. The zero-order chi connectivity index (χ0) is 21.2. The molecule has 1 fully saturated rings. The van der Waals surface area contributed by atoms with Gasteiger partial charge in [0.2, 0.25) is 0 Å². The second-order valence-electron chi connectivity index (χ2n) is 7.40. The van der Waals surface area contributed by atoms with Crippen LogP contribution in [-0.4, -0.2) is 24.5 Å². The van der Waals surface area contributed by atoms with Gasteiger partial charge in [0.1, 0.15) is 5.82 Å². The molecule has 0 saturated carbocycles. The molecule has 1 aromatic carbocycles. The van der Waals surface area contributed by atoms with Crippen LogP contribution in [0.25, 0.3) is 5.69 Å². The smallest absolute Gasteiger partial charge is 0.170 e. The molecule has 1 aliphatic rings. The van der Waals surface area contributed by atoms with Crippen molar-refractivity contribution in [1.29, 1.82) is 0 Å². The maximum absolute atomic E-state index is 13.5. The molecule has 0 spiro atoms. The molecule has 154 valence electrons. The Hall–Kier alpha value is -3.58. The van der Waals surface area contributed by atoms with E-state index in [9.17, 15) is 4.39 Å². The largest absolute Gasteiger partial charge is 0.352 e. The fourth-order valence-corrected chi connectivity index (χ4v) is 4.36. The number of aromatic nitrogens is 3. The SMILES string of the molecule is Fc1ccc(-n2cccc2[C@@H]2[C@H](c3ccccn3)NC(=S)N2Cc2cccnc2)cc1. The van der Waals surface area contributed by atoms with Crippen LogP contribution in [0.5, 0.6) is 0 Å². The van der Waals surface area contributed by atoms with E-state index >= 15 is 0 Å². The number of benzene rings is 1. The van der Waals surface area contributed by atoms with Gasteiger partial charge in [-0.3, -0.25) is 9.97 Å². The summed E-state index contributed by atoms with van der Waals surface area (Å²) in [5, 5.41) is 4.13. The minimum atomic E-state index is -0.259. The van der Waals surface area contributed by atoms with E-state index in [0.717, 1.165) is 22.6 Å². The standard InChI is InChI=1S/C24H20FN5S/c25-18-8-10-19(11-9-18)29-14-4-7-21(29)23-22(20-6-1-2-13-27-20)28-24(31)30(23)16-17-5-3-12-26-15-17/h1-15,22-23H,16H2,(H,28,31)/t22-,23+/m0/s1. The van der Waals surface area contributed by atoms with Gasteiger partial charge in [0.15, 0.2) is 5.11 Å². The average molecular weight is 430 g/mol. The van der Waals surface area contributed by atoms with Crippen LogP contribution in [0.1, 0.15) is 29.0 Å². The lowest BCUT2D eigenvalue weighted by molar-refractivity contribution is 0.302. The molecule has 0 radical (unpaired) electrons. The molecule has 0 unspecified atom stereocenters. The highest BCUT2D eigenvalue weighted by Crippen LogP contribution is 2.40. The van der Waals surface area contributed by atoms with Crippen LogP contribution in [0.3, 0.4) is 0 Å². The molecule has 2 atom stereocenters. The molecular formula is C24H20FN5S. The van der Waals surface area contributed by atoms with Crippen LogP contribution in [0.4, 0.5) is 4.39 Å². The Labute approximate surface area is 185 Å². The van der Waals surface area contributed by atoms with Crippen molar-refractivity contribution in [2.24, 2.45) is 0 Å². The van der Waals surface area contributed by atoms with Crippen LogP contribution in [0.2, 0.25) is 0 Å². The first-order valence-corrected chi connectivity index (χ1v) is 10.4. The maximum atomic E-state index is 13.5. The molecule has 3 aromatic heterocycles. The van der Waals surface area contributed by atoms with Crippen molar-refractivity contribution in [2.45, 2.75) is 18.6 Å². The van der Waals surface area contributed by atoms with Gasteiger partial charge >= 0.3 is 0 Å². The van der Waals surface area contributed by atoms with Crippen molar-refractivity contribution in [1.82, 2.24) is 24.8 Å². The monoisotopic (exact) mass is 429 g/mol. The van der Waals surface area contributed by atoms with E-state index in [0.29, 0.717) is 11.7 Å². The molecule has 5 nitrogen and oxygen atoms in total. The zero-order valence-corrected chi connectivity index (χ0v) is 17.4. The highest BCUT2D eigenvalue weighted by molar-refractivity contribution is 7.80. The summed E-state index contributed by atoms with van der Waals surface area (Å²) in [7, 11) is 0.